The molecular formula is C14H19N3O2. The highest BCUT2D eigenvalue weighted by Gasteiger charge is 2.10. The van der Waals surface area contributed by atoms with E-state index in [1.165, 1.54) is 4.57 Å². The normalized spacial score (nSPS) is 11.0. The van der Waals surface area contributed by atoms with Crippen LogP contribution in [-0.2, 0) is 13.7 Å². The van der Waals surface area contributed by atoms with E-state index in [1.54, 1.807) is 7.05 Å². The number of H-pyrrole nitrogens is 1. The number of aromatic nitrogens is 3. The van der Waals surface area contributed by atoms with Crippen molar-refractivity contribution in [3.8, 4) is 5.75 Å². The molecule has 0 bridgehead atoms. The fraction of sp³-hybridized carbons (Fsp3) is 0.429. The average Bonchev–Trinajstić information content (AvgIpc) is 2.67. The Morgan fingerprint density at radius 2 is 2.16 bits per heavy atom. The molecule has 2 rings (SSSR count). The molecule has 0 unspecified atom stereocenters. The molecule has 2 aromatic rings. The molecule has 0 saturated heterocycles. The Balaban J connectivity index is 2.21. The Morgan fingerprint density at radius 1 is 1.42 bits per heavy atom. The summed E-state index contributed by atoms with van der Waals surface area (Å²) < 4.78 is 7.27. The van der Waals surface area contributed by atoms with Crippen molar-refractivity contribution >= 4 is 0 Å². The summed E-state index contributed by atoms with van der Waals surface area (Å²) in [5, 5.41) is 6.33. The maximum absolute atomic E-state index is 11.3. The molecule has 5 heteroatoms. The molecule has 102 valence electrons. The van der Waals surface area contributed by atoms with Crippen LogP contribution in [0.3, 0.4) is 0 Å². The van der Waals surface area contributed by atoms with Gasteiger partial charge >= 0.3 is 5.69 Å². The van der Waals surface area contributed by atoms with E-state index in [0.29, 0.717) is 11.7 Å². The minimum Gasteiger partial charge on any atom is -0.485 e. The highest BCUT2D eigenvalue weighted by molar-refractivity contribution is 5.39. The van der Waals surface area contributed by atoms with Crippen molar-refractivity contribution in [1.82, 2.24) is 14.8 Å². The number of benzene rings is 1. The van der Waals surface area contributed by atoms with Gasteiger partial charge in [0.1, 0.15) is 12.4 Å². The zero-order chi connectivity index (χ0) is 14.0. The summed E-state index contributed by atoms with van der Waals surface area (Å²) in [6, 6.07) is 6.17. The lowest BCUT2D eigenvalue weighted by Gasteiger charge is -2.14. The van der Waals surface area contributed by atoms with Crippen LogP contribution in [0.25, 0.3) is 0 Å². The highest BCUT2D eigenvalue weighted by atomic mass is 16.5. The first-order valence-electron chi connectivity index (χ1n) is 6.32. The van der Waals surface area contributed by atoms with Crippen molar-refractivity contribution in [2.75, 3.05) is 0 Å². The van der Waals surface area contributed by atoms with Gasteiger partial charge in [0.25, 0.3) is 0 Å². The van der Waals surface area contributed by atoms with Gasteiger partial charge in [0.15, 0.2) is 5.82 Å². The van der Waals surface area contributed by atoms with Gasteiger partial charge in [-0.3, -0.25) is 4.57 Å². The second-order valence-corrected chi connectivity index (χ2v) is 4.99. The number of hydrogen-bond donors (Lipinski definition) is 1. The number of rotatable bonds is 4. The molecular weight excluding hydrogens is 242 g/mol. The number of hydrogen-bond acceptors (Lipinski definition) is 3. The monoisotopic (exact) mass is 261 g/mol. The third-order valence-electron chi connectivity index (χ3n) is 3.12. The van der Waals surface area contributed by atoms with Crippen LogP contribution >= 0.6 is 0 Å². The Kier molecular flexibility index (Phi) is 3.74. The molecule has 1 aromatic carbocycles. The van der Waals surface area contributed by atoms with Gasteiger partial charge in [-0.1, -0.05) is 26.0 Å². The lowest BCUT2D eigenvalue weighted by atomic mass is 10.0. The van der Waals surface area contributed by atoms with Crippen LogP contribution in [0.4, 0.5) is 0 Å². The average molecular weight is 261 g/mol. The van der Waals surface area contributed by atoms with Crippen molar-refractivity contribution in [2.45, 2.75) is 33.3 Å². The Hall–Kier alpha value is -2.04. The number of aryl methyl sites for hydroxylation is 1. The zero-order valence-corrected chi connectivity index (χ0v) is 11.7. The summed E-state index contributed by atoms with van der Waals surface area (Å²) in [4.78, 5) is 11.3. The summed E-state index contributed by atoms with van der Waals surface area (Å²) in [7, 11) is 1.67. The molecule has 0 fully saturated rings. The summed E-state index contributed by atoms with van der Waals surface area (Å²) in [6.45, 7) is 6.56. The number of aromatic amines is 1. The summed E-state index contributed by atoms with van der Waals surface area (Å²) >= 11 is 0. The van der Waals surface area contributed by atoms with E-state index < -0.39 is 0 Å². The Labute approximate surface area is 112 Å². The molecule has 0 aliphatic heterocycles. The van der Waals surface area contributed by atoms with E-state index >= 15 is 0 Å². The van der Waals surface area contributed by atoms with Crippen LogP contribution < -0.4 is 10.4 Å². The first-order valence-corrected chi connectivity index (χ1v) is 6.32. The van der Waals surface area contributed by atoms with Gasteiger partial charge in [0.2, 0.25) is 0 Å². The minimum atomic E-state index is -0.230. The van der Waals surface area contributed by atoms with Crippen molar-refractivity contribution in [3.05, 3.63) is 45.6 Å². The fourth-order valence-electron chi connectivity index (χ4n) is 1.89. The molecule has 19 heavy (non-hydrogen) atoms. The van der Waals surface area contributed by atoms with E-state index in [9.17, 15) is 4.79 Å². The van der Waals surface area contributed by atoms with Crippen LogP contribution in [-0.4, -0.2) is 14.8 Å². The minimum absolute atomic E-state index is 0.230. The van der Waals surface area contributed by atoms with Crippen molar-refractivity contribution in [3.63, 3.8) is 0 Å². The van der Waals surface area contributed by atoms with Crippen molar-refractivity contribution < 1.29 is 4.74 Å². The van der Waals surface area contributed by atoms with Crippen LogP contribution in [0.15, 0.2) is 23.0 Å². The maximum atomic E-state index is 11.3. The SMILES string of the molecule is Cc1ccc(C(C)C)c(OCc2n[nH]c(=O)n2C)c1. The Bertz CT molecular complexity index is 626. The lowest BCUT2D eigenvalue weighted by molar-refractivity contribution is 0.287. The second-order valence-electron chi connectivity index (χ2n) is 4.99. The first kappa shape index (κ1) is 13.4. The van der Waals surface area contributed by atoms with Gasteiger partial charge in [-0.25, -0.2) is 9.89 Å². The van der Waals surface area contributed by atoms with Gasteiger partial charge in [-0.05, 0) is 30.0 Å². The molecule has 0 aliphatic rings. The van der Waals surface area contributed by atoms with E-state index in [0.717, 1.165) is 16.9 Å². The first-order chi connectivity index (χ1) is 8.99. The van der Waals surface area contributed by atoms with Crippen LogP contribution in [0.1, 0.15) is 36.7 Å². The second kappa shape index (κ2) is 5.30. The molecule has 0 spiro atoms. The van der Waals surface area contributed by atoms with Gasteiger partial charge in [0, 0.05) is 7.05 Å². The summed E-state index contributed by atoms with van der Waals surface area (Å²) in [5.41, 5.74) is 2.08. The van der Waals surface area contributed by atoms with Gasteiger partial charge < -0.3 is 4.74 Å². The lowest BCUT2D eigenvalue weighted by Crippen LogP contribution is -2.15. The molecule has 1 N–H and O–H groups in total. The topological polar surface area (TPSA) is 59.9 Å². The van der Waals surface area contributed by atoms with Crippen molar-refractivity contribution in [1.29, 1.82) is 0 Å². The number of nitrogens with one attached hydrogen (secondary N) is 1. The third-order valence-corrected chi connectivity index (χ3v) is 3.12. The molecule has 0 atom stereocenters. The molecule has 0 aliphatic carbocycles. The highest BCUT2D eigenvalue weighted by Crippen LogP contribution is 2.27. The summed E-state index contributed by atoms with van der Waals surface area (Å²) in [6.07, 6.45) is 0. The van der Waals surface area contributed by atoms with Gasteiger partial charge in [0.05, 0.1) is 0 Å². The quantitative estimate of drug-likeness (QED) is 0.917. The molecule has 1 heterocycles. The molecule has 5 nitrogen and oxygen atoms in total. The van der Waals surface area contributed by atoms with Gasteiger partial charge in [-0.2, -0.15) is 5.10 Å². The van der Waals surface area contributed by atoms with E-state index in [2.05, 4.69) is 36.2 Å². The Morgan fingerprint density at radius 3 is 2.74 bits per heavy atom. The molecule has 1 aromatic heterocycles. The van der Waals surface area contributed by atoms with Crippen LogP contribution in [0.2, 0.25) is 0 Å². The van der Waals surface area contributed by atoms with E-state index in [-0.39, 0.29) is 12.3 Å². The number of nitrogens with zero attached hydrogens (tertiary/aromatic N) is 2. The van der Waals surface area contributed by atoms with E-state index in [1.807, 2.05) is 13.0 Å². The fourth-order valence-corrected chi connectivity index (χ4v) is 1.89. The maximum Gasteiger partial charge on any atom is 0.343 e. The standard InChI is InChI=1S/C14H19N3O2/c1-9(2)11-6-5-10(3)7-12(11)19-8-13-15-16-14(18)17(13)4/h5-7,9H,8H2,1-4H3,(H,16,18). The van der Waals surface area contributed by atoms with E-state index in [4.69, 9.17) is 4.74 Å². The predicted octanol–water partition coefficient (Wildman–Crippen LogP) is 2.12. The van der Waals surface area contributed by atoms with Crippen LogP contribution in [0.5, 0.6) is 5.75 Å². The summed E-state index contributed by atoms with van der Waals surface area (Å²) in [5.74, 6) is 1.82. The molecule has 0 saturated carbocycles. The third kappa shape index (κ3) is 2.86. The number of ether oxygens (including phenoxy) is 1. The van der Waals surface area contributed by atoms with Crippen molar-refractivity contribution in [2.24, 2.45) is 7.05 Å². The van der Waals surface area contributed by atoms with Gasteiger partial charge in [-0.15, -0.1) is 0 Å². The largest absolute Gasteiger partial charge is 0.485 e. The molecule has 0 radical (unpaired) electrons. The smallest absolute Gasteiger partial charge is 0.343 e. The predicted molar refractivity (Wildman–Crippen MR) is 73.4 cm³/mol. The molecule has 0 amide bonds. The zero-order valence-electron chi connectivity index (χ0n) is 11.7. The van der Waals surface area contributed by atoms with Crippen LogP contribution in [0, 0.1) is 6.92 Å².